The van der Waals surface area contributed by atoms with Crippen molar-refractivity contribution < 1.29 is 0 Å². The molecule has 9 heavy (non-hydrogen) atoms. The minimum atomic E-state index is 0.674. The van der Waals surface area contributed by atoms with Gasteiger partial charge in [-0.2, -0.15) is 0 Å². The lowest BCUT2D eigenvalue weighted by atomic mass is 10.3. The number of nitrogens with zero attached hydrogens (tertiary/aromatic N) is 1. The Labute approximate surface area is 58.8 Å². The summed E-state index contributed by atoms with van der Waals surface area (Å²) in [6, 6.07) is 0. The maximum absolute atomic E-state index is 3.30. The summed E-state index contributed by atoms with van der Waals surface area (Å²) in [5.74, 6) is 0. The molecule has 1 heterocycles. The molecular weight excluding hydrogens is 131 g/mol. The van der Waals surface area contributed by atoms with Gasteiger partial charge in [0.05, 0.1) is 6.17 Å². The van der Waals surface area contributed by atoms with Crippen LogP contribution in [0.5, 0.6) is 0 Å². The maximum atomic E-state index is 3.30. The molecule has 1 aliphatic rings. The molecular formula is C6H15N2P. The van der Waals surface area contributed by atoms with E-state index in [1.54, 1.807) is 0 Å². The molecule has 54 valence electrons. The van der Waals surface area contributed by atoms with Crippen LogP contribution in [0.4, 0.5) is 0 Å². The monoisotopic (exact) mass is 146 g/mol. The standard InChI is InChI=1S/C6H15N2P/c1-7-6-4-3-5-8(6)9-2/h6-7,9H,3-5H2,1-2H3. The van der Waals surface area contributed by atoms with Gasteiger partial charge in [-0.25, -0.2) is 0 Å². The predicted molar refractivity (Wildman–Crippen MR) is 43.0 cm³/mol. The first kappa shape index (κ1) is 7.46. The number of hydrogen-bond acceptors (Lipinski definition) is 2. The Hall–Kier alpha value is 0.350. The lowest BCUT2D eigenvalue weighted by Crippen LogP contribution is -2.33. The largest absolute Gasteiger partial charge is 0.305 e. The molecule has 2 unspecified atom stereocenters. The van der Waals surface area contributed by atoms with Crippen LogP contribution in [-0.2, 0) is 0 Å². The summed E-state index contributed by atoms with van der Waals surface area (Å²) in [5, 5.41) is 3.30. The van der Waals surface area contributed by atoms with Gasteiger partial charge in [-0.15, -0.1) is 0 Å². The average molecular weight is 146 g/mol. The first-order valence-electron chi connectivity index (χ1n) is 3.49. The molecule has 1 N–H and O–H groups in total. The quantitative estimate of drug-likeness (QED) is 0.581. The van der Waals surface area contributed by atoms with E-state index in [0.717, 1.165) is 8.73 Å². The van der Waals surface area contributed by atoms with Gasteiger partial charge in [0, 0.05) is 6.54 Å². The van der Waals surface area contributed by atoms with Gasteiger partial charge >= 0.3 is 0 Å². The zero-order chi connectivity index (χ0) is 6.69. The fourth-order valence-electron chi connectivity index (χ4n) is 1.33. The van der Waals surface area contributed by atoms with Gasteiger partial charge in [-0.1, -0.05) is 8.73 Å². The van der Waals surface area contributed by atoms with Crippen LogP contribution in [0, 0.1) is 0 Å². The van der Waals surface area contributed by atoms with Crippen LogP contribution in [0.2, 0.25) is 0 Å². The van der Waals surface area contributed by atoms with Crippen molar-refractivity contribution in [1.29, 1.82) is 0 Å². The normalized spacial score (nSPS) is 30.7. The van der Waals surface area contributed by atoms with Gasteiger partial charge in [-0.3, -0.25) is 4.67 Å². The third kappa shape index (κ3) is 1.64. The van der Waals surface area contributed by atoms with E-state index in [2.05, 4.69) is 16.7 Å². The minimum Gasteiger partial charge on any atom is -0.305 e. The molecule has 0 amide bonds. The van der Waals surface area contributed by atoms with Crippen LogP contribution in [0.25, 0.3) is 0 Å². The Morgan fingerprint density at radius 3 is 2.89 bits per heavy atom. The highest BCUT2D eigenvalue weighted by molar-refractivity contribution is 7.34. The Balaban J connectivity index is 2.32. The maximum Gasteiger partial charge on any atom is 0.0627 e. The molecule has 1 rings (SSSR count). The van der Waals surface area contributed by atoms with E-state index in [1.807, 2.05) is 7.05 Å². The summed E-state index contributed by atoms with van der Waals surface area (Å²) in [7, 11) is 3.01. The van der Waals surface area contributed by atoms with E-state index < -0.39 is 0 Å². The molecule has 0 saturated carbocycles. The van der Waals surface area contributed by atoms with Crippen LogP contribution in [-0.4, -0.2) is 31.1 Å². The van der Waals surface area contributed by atoms with E-state index in [1.165, 1.54) is 19.4 Å². The molecule has 0 aromatic heterocycles. The molecule has 0 aromatic rings. The third-order valence-corrected chi connectivity index (χ3v) is 2.98. The Bertz CT molecular complexity index is 77.1. The van der Waals surface area contributed by atoms with Crippen molar-refractivity contribution >= 4 is 8.73 Å². The molecule has 0 bridgehead atoms. The second-order valence-corrected chi connectivity index (χ2v) is 3.39. The van der Waals surface area contributed by atoms with Crippen molar-refractivity contribution in [1.82, 2.24) is 9.99 Å². The number of hydrogen-bond donors (Lipinski definition) is 1. The fourth-order valence-corrected chi connectivity index (χ4v) is 2.29. The SMILES string of the molecule is CNC1CCCN1PC. The summed E-state index contributed by atoms with van der Waals surface area (Å²) >= 11 is 0. The van der Waals surface area contributed by atoms with Crippen LogP contribution < -0.4 is 5.32 Å². The van der Waals surface area contributed by atoms with E-state index >= 15 is 0 Å². The molecule has 3 heteroatoms. The summed E-state index contributed by atoms with van der Waals surface area (Å²) in [6.07, 6.45) is 3.37. The van der Waals surface area contributed by atoms with Gasteiger partial charge in [0.25, 0.3) is 0 Å². The van der Waals surface area contributed by atoms with Gasteiger partial charge in [-0.05, 0) is 26.6 Å². The van der Waals surface area contributed by atoms with Crippen LogP contribution in [0.1, 0.15) is 12.8 Å². The van der Waals surface area contributed by atoms with Gasteiger partial charge in [0.1, 0.15) is 0 Å². The van der Waals surface area contributed by atoms with Crippen LogP contribution in [0.3, 0.4) is 0 Å². The van der Waals surface area contributed by atoms with Gasteiger partial charge in [0.2, 0.25) is 0 Å². The van der Waals surface area contributed by atoms with Crippen molar-refractivity contribution in [3.05, 3.63) is 0 Å². The molecule has 0 aliphatic carbocycles. The molecule has 1 fully saturated rings. The fraction of sp³-hybridized carbons (Fsp3) is 1.00. The summed E-state index contributed by atoms with van der Waals surface area (Å²) in [6.45, 7) is 3.54. The molecule has 0 aromatic carbocycles. The van der Waals surface area contributed by atoms with Crippen molar-refractivity contribution in [3.8, 4) is 0 Å². The number of rotatable bonds is 2. The summed E-state index contributed by atoms with van der Waals surface area (Å²) in [5.41, 5.74) is 0. The van der Waals surface area contributed by atoms with Crippen molar-refractivity contribution in [2.75, 3.05) is 20.3 Å². The van der Waals surface area contributed by atoms with Crippen molar-refractivity contribution in [2.24, 2.45) is 0 Å². The van der Waals surface area contributed by atoms with Gasteiger partial charge < -0.3 is 5.32 Å². The zero-order valence-electron chi connectivity index (χ0n) is 6.15. The lowest BCUT2D eigenvalue weighted by Gasteiger charge is -2.21. The molecule has 0 spiro atoms. The summed E-state index contributed by atoms with van der Waals surface area (Å²) in [4.78, 5) is 0. The van der Waals surface area contributed by atoms with E-state index in [9.17, 15) is 0 Å². The highest BCUT2D eigenvalue weighted by atomic mass is 31.1. The molecule has 2 nitrogen and oxygen atoms in total. The van der Waals surface area contributed by atoms with Crippen molar-refractivity contribution in [3.63, 3.8) is 0 Å². The topological polar surface area (TPSA) is 15.3 Å². The Kier molecular flexibility index (Phi) is 2.90. The third-order valence-electron chi connectivity index (χ3n) is 1.87. The first-order valence-corrected chi connectivity index (χ1v) is 4.94. The van der Waals surface area contributed by atoms with E-state index in [4.69, 9.17) is 0 Å². The van der Waals surface area contributed by atoms with Crippen molar-refractivity contribution in [2.45, 2.75) is 19.0 Å². The molecule has 2 atom stereocenters. The van der Waals surface area contributed by atoms with Crippen LogP contribution in [0.15, 0.2) is 0 Å². The molecule has 0 radical (unpaired) electrons. The Morgan fingerprint density at radius 1 is 1.67 bits per heavy atom. The second-order valence-electron chi connectivity index (χ2n) is 2.36. The summed E-state index contributed by atoms with van der Waals surface area (Å²) < 4.78 is 2.50. The van der Waals surface area contributed by atoms with Gasteiger partial charge in [0.15, 0.2) is 0 Å². The van der Waals surface area contributed by atoms with E-state index in [-0.39, 0.29) is 0 Å². The molecule has 1 saturated heterocycles. The number of nitrogens with one attached hydrogen (secondary N) is 1. The highest BCUT2D eigenvalue weighted by Gasteiger charge is 2.20. The highest BCUT2D eigenvalue weighted by Crippen LogP contribution is 2.24. The van der Waals surface area contributed by atoms with E-state index in [0.29, 0.717) is 6.17 Å². The first-order chi connectivity index (χ1) is 4.38. The Morgan fingerprint density at radius 2 is 2.44 bits per heavy atom. The minimum absolute atomic E-state index is 0.674. The smallest absolute Gasteiger partial charge is 0.0627 e. The van der Waals surface area contributed by atoms with Crippen LogP contribution >= 0.6 is 8.73 Å². The average Bonchev–Trinajstić information content (AvgIpc) is 2.33. The predicted octanol–water partition coefficient (Wildman–Crippen LogP) is 0.851. The second kappa shape index (κ2) is 3.50. The molecule has 1 aliphatic heterocycles. The lowest BCUT2D eigenvalue weighted by molar-refractivity contribution is 0.383. The zero-order valence-corrected chi connectivity index (χ0v) is 7.15.